The molecular formula is C25H23N3O. The first-order valence-electron chi connectivity index (χ1n) is 10.2. The van der Waals surface area contributed by atoms with Crippen LogP contribution < -0.4 is 5.32 Å². The number of rotatable bonds is 3. The Morgan fingerprint density at radius 1 is 0.862 bits per heavy atom. The van der Waals surface area contributed by atoms with Crippen LogP contribution in [0.3, 0.4) is 0 Å². The third-order valence-electron chi connectivity index (χ3n) is 6.02. The number of benzene rings is 3. The summed E-state index contributed by atoms with van der Waals surface area (Å²) in [6.45, 7) is 0. The summed E-state index contributed by atoms with van der Waals surface area (Å²) in [7, 11) is 0. The zero-order valence-electron chi connectivity index (χ0n) is 16.2. The van der Waals surface area contributed by atoms with E-state index >= 15 is 0 Å². The van der Waals surface area contributed by atoms with Gasteiger partial charge in [-0.15, -0.1) is 0 Å². The van der Waals surface area contributed by atoms with E-state index in [4.69, 9.17) is 0 Å². The van der Waals surface area contributed by atoms with Crippen molar-refractivity contribution in [1.29, 1.82) is 5.26 Å². The van der Waals surface area contributed by atoms with Gasteiger partial charge in [-0.05, 0) is 56.0 Å². The molecule has 0 spiro atoms. The fraction of sp³-hybridized carbons (Fsp3) is 0.240. The SMILES string of the molecule is N#Cc1ccc(-n2c3ccccc3c3ccccc32)cc1NC1CCC(O)CC1. The summed E-state index contributed by atoms with van der Waals surface area (Å²) in [5.74, 6) is 0. The highest BCUT2D eigenvalue weighted by Crippen LogP contribution is 2.33. The van der Waals surface area contributed by atoms with Crippen molar-refractivity contribution in [3.05, 3.63) is 72.3 Å². The highest BCUT2D eigenvalue weighted by atomic mass is 16.3. The summed E-state index contributed by atoms with van der Waals surface area (Å²) in [6.07, 6.45) is 3.28. The molecule has 1 aromatic heterocycles. The lowest BCUT2D eigenvalue weighted by Crippen LogP contribution is -2.28. The van der Waals surface area contributed by atoms with E-state index in [1.165, 1.54) is 10.8 Å². The second kappa shape index (κ2) is 7.27. The van der Waals surface area contributed by atoms with Crippen LogP contribution in [0.15, 0.2) is 66.7 Å². The molecule has 0 unspecified atom stereocenters. The van der Waals surface area contributed by atoms with Gasteiger partial charge in [-0.25, -0.2) is 0 Å². The number of nitriles is 1. The molecule has 0 atom stereocenters. The largest absolute Gasteiger partial charge is 0.393 e. The lowest BCUT2D eigenvalue weighted by Gasteiger charge is -2.27. The number of aliphatic hydroxyl groups is 1. The van der Waals surface area contributed by atoms with E-state index in [2.05, 4.69) is 70.6 Å². The minimum absolute atomic E-state index is 0.188. The van der Waals surface area contributed by atoms with Crippen molar-refractivity contribution in [2.24, 2.45) is 0 Å². The lowest BCUT2D eigenvalue weighted by atomic mass is 9.93. The Morgan fingerprint density at radius 3 is 2.10 bits per heavy atom. The quantitative estimate of drug-likeness (QED) is 0.501. The van der Waals surface area contributed by atoms with E-state index in [0.717, 1.165) is 48.1 Å². The summed E-state index contributed by atoms with van der Waals surface area (Å²) in [5, 5.41) is 25.4. The number of nitrogens with zero attached hydrogens (tertiary/aromatic N) is 2. The van der Waals surface area contributed by atoms with Gasteiger partial charge in [-0.3, -0.25) is 0 Å². The molecule has 0 radical (unpaired) electrons. The van der Waals surface area contributed by atoms with Gasteiger partial charge in [-0.1, -0.05) is 36.4 Å². The van der Waals surface area contributed by atoms with Crippen LogP contribution in [-0.2, 0) is 0 Å². The maximum Gasteiger partial charge on any atom is 0.101 e. The standard InChI is InChI=1S/C25H23N3O/c26-16-17-9-12-19(15-23(17)27-18-10-13-20(29)14-11-18)28-24-7-3-1-5-21(24)22-6-2-4-8-25(22)28/h1-9,12,15,18,20,27,29H,10-11,13-14H2. The summed E-state index contributed by atoms with van der Waals surface area (Å²) in [4.78, 5) is 0. The molecule has 0 amide bonds. The molecule has 3 aromatic carbocycles. The molecule has 4 nitrogen and oxygen atoms in total. The number of aliphatic hydroxyl groups excluding tert-OH is 1. The Hall–Kier alpha value is -3.29. The highest BCUT2D eigenvalue weighted by molar-refractivity contribution is 6.09. The second-order valence-corrected chi connectivity index (χ2v) is 7.86. The number of nitrogens with one attached hydrogen (secondary N) is 1. The maximum absolute atomic E-state index is 9.78. The number of hydrogen-bond acceptors (Lipinski definition) is 3. The van der Waals surface area contributed by atoms with Gasteiger partial charge < -0.3 is 15.0 Å². The minimum atomic E-state index is -0.188. The topological polar surface area (TPSA) is 61.0 Å². The number of fused-ring (bicyclic) bond motifs is 3. The molecular weight excluding hydrogens is 358 g/mol. The van der Waals surface area contributed by atoms with Crippen molar-refractivity contribution in [2.75, 3.05) is 5.32 Å². The Kier molecular flexibility index (Phi) is 4.46. The second-order valence-electron chi connectivity index (χ2n) is 7.86. The summed E-state index contributed by atoms with van der Waals surface area (Å²) >= 11 is 0. The van der Waals surface area contributed by atoms with Crippen molar-refractivity contribution in [3.8, 4) is 11.8 Å². The molecule has 1 saturated carbocycles. The fourth-order valence-electron chi connectivity index (χ4n) is 4.53. The van der Waals surface area contributed by atoms with Crippen molar-refractivity contribution >= 4 is 27.5 Å². The zero-order valence-corrected chi connectivity index (χ0v) is 16.2. The van der Waals surface area contributed by atoms with Crippen LogP contribution in [0, 0.1) is 11.3 Å². The number of hydrogen-bond donors (Lipinski definition) is 2. The first kappa shape index (κ1) is 17.8. The van der Waals surface area contributed by atoms with E-state index in [9.17, 15) is 10.4 Å². The number of para-hydroxylation sites is 2. The maximum atomic E-state index is 9.78. The molecule has 29 heavy (non-hydrogen) atoms. The molecule has 1 heterocycles. The van der Waals surface area contributed by atoms with Crippen molar-refractivity contribution < 1.29 is 5.11 Å². The average molecular weight is 381 g/mol. The Morgan fingerprint density at radius 2 is 1.48 bits per heavy atom. The molecule has 1 aliphatic rings. The molecule has 144 valence electrons. The van der Waals surface area contributed by atoms with Gasteiger partial charge in [0.05, 0.1) is 28.4 Å². The third-order valence-corrected chi connectivity index (χ3v) is 6.02. The van der Waals surface area contributed by atoms with E-state index in [1.54, 1.807) is 0 Å². The van der Waals surface area contributed by atoms with Crippen molar-refractivity contribution in [2.45, 2.75) is 37.8 Å². The van der Waals surface area contributed by atoms with E-state index in [-0.39, 0.29) is 6.10 Å². The highest BCUT2D eigenvalue weighted by Gasteiger charge is 2.20. The summed E-state index contributed by atoms with van der Waals surface area (Å²) < 4.78 is 2.27. The molecule has 4 heteroatoms. The van der Waals surface area contributed by atoms with Crippen LogP contribution in [-0.4, -0.2) is 21.8 Å². The van der Waals surface area contributed by atoms with Gasteiger partial charge >= 0.3 is 0 Å². The van der Waals surface area contributed by atoms with Gasteiger partial charge in [0, 0.05) is 22.5 Å². The van der Waals surface area contributed by atoms with Crippen LogP contribution in [0.1, 0.15) is 31.2 Å². The first-order valence-corrected chi connectivity index (χ1v) is 10.2. The van der Waals surface area contributed by atoms with Gasteiger partial charge in [0.1, 0.15) is 6.07 Å². The van der Waals surface area contributed by atoms with Crippen LogP contribution >= 0.6 is 0 Å². The monoisotopic (exact) mass is 381 g/mol. The summed E-state index contributed by atoms with van der Waals surface area (Å²) in [6, 6.07) is 25.5. The Labute approximate surface area is 170 Å². The van der Waals surface area contributed by atoms with Crippen LogP contribution in [0.4, 0.5) is 5.69 Å². The molecule has 4 aromatic rings. The van der Waals surface area contributed by atoms with Gasteiger partial charge in [0.2, 0.25) is 0 Å². The Bertz CT molecular complexity index is 1170. The molecule has 0 aliphatic heterocycles. The molecule has 5 rings (SSSR count). The smallest absolute Gasteiger partial charge is 0.101 e. The van der Waals surface area contributed by atoms with E-state index in [0.29, 0.717) is 11.6 Å². The fourth-order valence-corrected chi connectivity index (χ4v) is 4.53. The van der Waals surface area contributed by atoms with Crippen LogP contribution in [0.2, 0.25) is 0 Å². The van der Waals surface area contributed by atoms with Gasteiger partial charge in [-0.2, -0.15) is 5.26 Å². The predicted octanol–water partition coefficient (Wildman–Crippen LogP) is 5.37. The minimum Gasteiger partial charge on any atom is -0.393 e. The van der Waals surface area contributed by atoms with Crippen LogP contribution in [0.5, 0.6) is 0 Å². The lowest BCUT2D eigenvalue weighted by molar-refractivity contribution is 0.126. The number of anilines is 1. The van der Waals surface area contributed by atoms with E-state index in [1.807, 2.05) is 12.1 Å². The van der Waals surface area contributed by atoms with Gasteiger partial charge in [0.15, 0.2) is 0 Å². The normalized spacial score (nSPS) is 19.3. The first-order chi connectivity index (χ1) is 14.2. The molecule has 1 fully saturated rings. The molecule has 0 bridgehead atoms. The predicted molar refractivity (Wildman–Crippen MR) is 117 cm³/mol. The third kappa shape index (κ3) is 3.14. The molecule has 1 aliphatic carbocycles. The van der Waals surface area contributed by atoms with Crippen molar-refractivity contribution in [1.82, 2.24) is 4.57 Å². The average Bonchev–Trinajstić information content (AvgIpc) is 3.10. The molecule has 2 N–H and O–H groups in total. The zero-order chi connectivity index (χ0) is 19.8. The number of aromatic nitrogens is 1. The summed E-state index contributed by atoms with van der Waals surface area (Å²) in [5.41, 5.74) is 4.88. The molecule has 0 saturated heterocycles. The van der Waals surface area contributed by atoms with Gasteiger partial charge in [0.25, 0.3) is 0 Å². The van der Waals surface area contributed by atoms with E-state index < -0.39 is 0 Å². The van der Waals surface area contributed by atoms with Crippen LogP contribution in [0.25, 0.3) is 27.5 Å². The van der Waals surface area contributed by atoms with Crippen molar-refractivity contribution in [3.63, 3.8) is 0 Å². The Balaban J connectivity index is 1.63.